The third-order valence-corrected chi connectivity index (χ3v) is 4.21. The normalized spacial score (nSPS) is 19.5. The summed E-state index contributed by atoms with van der Waals surface area (Å²) in [6, 6.07) is 9.48. The highest BCUT2D eigenvalue weighted by Gasteiger charge is 2.24. The minimum Gasteiger partial charge on any atom is -0.376 e. The van der Waals surface area contributed by atoms with Crippen LogP contribution in [0.3, 0.4) is 0 Å². The van der Waals surface area contributed by atoms with Crippen molar-refractivity contribution in [2.24, 2.45) is 0 Å². The lowest BCUT2D eigenvalue weighted by molar-refractivity contribution is -0.134. The fourth-order valence-corrected chi connectivity index (χ4v) is 2.78. The van der Waals surface area contributed by atoms with Gasteiger partial charge in [-0.15, -0.1) is 0 Å². The average molecular weight is 345 g/mol. The van der Waals surface area contributed by atoms with Crippen molar-refractivity contribution in [3.8, 4) is 0 Å². The lowest BCUT2D eigenvalue weighted by atomic mass is 10.1. The summed E-state index contributed by atoms with van der Waals surface area (Å²) in [6.07, 6.45) is 3.38. The zero-order valence-electron chi connectivity index (χ0n) is 14.3. The predicted molar refractivity (Wildman–Crippen MR) is 89.7 cm³/mol. The van der Waals surface area contributed by atoms with Crippen LogP contribution in [-0.2, 0) is 20.7 Å². The first-order valence-electron chi connectivity index (χ1n) is 8.56. The van der Waals surface area contributed by atoms with Crippen LogP contribution < -0.4 is 5.32 Å². The van der Waals surface area contributed by atoms with Gasteiger partial charge in [0.05, 0.1) is 18.8 Å². The predicted octanol–water partition coefficient (Wildman–Crippen LogP) is 2.05. The molecular formula is C18H23N3O4. The number of rotatable bonds is 8. The highest BCUT2D eigenvalue weighted by atomic mass is 16.5. The standard InChI is InChI=1S/C18H23N3O4/c1-13(24-11-15-8-5-9-23-15)18(22)20-16(17-19-12-25-21-17)10-14-6-3-2-4-7-14/h2-4,6-7,12-13,15-16H,5,8-11H2,1H3,(H,20,22). The maximum atomic E-state index is 12.5. The summed E-state index contributed by atoms with van der Waals surface area (Å²) in [6.45, 7) is 2.94. The van der Waals surface area contributed by atoms with Gasteiger partial charge < -0.3 is 19.3 Å². The Bertz CT molecular complexity index is 642. The molecule has 25 heavy (non-hydrogen) atoms. The largest absolute Gasteiger partial charge is 0.376 e. The lowest BCUT2D eigenvalue weighted by Crippen LogP contribution is -2.39. The van der Waals surface area contributed by atoms with Gasteiger partial charge >= 0.3 is 0 Å². The minimum absolute atomic E-state index is 0.0903. The molecule has 0 bridgehead atoms. The molecule has 1 aromatic heterocycles. The molecule has 1 saturated heterocycles. The number of benzene rings is 1. The van der Waals surface area contributed by atoms with Crippen molar-refractivity contribution in [3.05, 3.63) is 48.1 Å². The van der Waals surface area contributed by atoms with Gasteiger partial charge in [0.1, 0.15) is 6.10 Å². The molecule has 1 fully saturated rings. The zero-order chi connectivity index (χ0) is 17.5. The van der Waals surface area contributed by atoms with E-state index in [4.69, 9.17) is 14.0 Å². The molecular weight excluding hydrogens is 322 g/mol. The van der Waals surface area contributed by atoms with E-state index in [0.29, 0.717) is 18.9 Å². The van der Waals surface area contributed by atoms with E-state index in [9.17, 15) is 4.79 Å². The molecule has 2 aromatic rings. The summed E-state index contributed by atoms with van der Waals surface area (Å²) in [5.41, 5.74) is 1.07. The lowest BCUT2D eigenvalue weighted by Gasteiger charge is -2.20. The van der Waals surface area contributed by atoms with E-state index in [1.807, 2.05) is 30.3 Å². The van der Waals surface area contributed by atoms with Gasteiger partial charge in [-0.1, -0.05) is 35.5 Å². The summed E-state index contributed by atoms with van der Waals surface area (Å²) in [4.78, 5) is 16.6. The molecule has 3 atom stereocenters. The van der Waals surface area contributed by atoms with E-state index in [1.165, 1.54) is 6.39 Å². The highest BCUT2D eigenvalue weighted by molar-refractivity contribution is 5.80. The van der Waals surface area contributed by atoms with Crippen molar-refractivity contribution in [1.82, 2.24) is 15.5 Å². The van der Waals surface area contributed by atoms with Crippen molar-refractivity contribution >= 4 is 5.91 Å². The van der Waals surface area contributed by atoms with Crippen LogP contribution in [0.2, 0.25) is 0 Å². The second-order valence-corrected chi connectivity index (χ2v) is 6.15. The van der Waals surface area contributed by atoms with Gasteiger partial charge in [-0.2, -0.15) is 4.98 Å². The first-order valence-corrected chi connectivity index (χ1v) is 8.56. The molecule has 7 heteroatoms. The molecule has 1 aliphatic rings. The first kappa shape index (κ1) is 17.6. The van der Waals surface area contributed by atoms with Crippen LogP contribution in [0.25, 0.3) is 0 Å². The number of amides is 1. The summed E-state index contributed by atoms with van der Waals surface area (Å²) >= 11 is 0. The molecule has 0 spiro atoms. The number of carbonyl (C=O) groups excluding carboxylic acids is 1. The molecule has 134 valence electrons. The third kappa shape index (κ3) is 5.11. The van der Waals surface area contributed by atoms with Crippen LogP contribution in [0.1, 0.15) is 37.2 Å². The summed E-state index contributed by atoms with van der Waals surface area (Å²) in [5.74, 6) is 0.243. The molecule has 3 rings (SSSR count). The molecule has 7 nitrogen and oxygen atoms in total. The van der Waals surface area contributed by atoms with Crippen LogP contribution in [-0.4, -0.2) is 41.5 Å². The van der Waals surface area contributed by atoms with E-state index in [-0.39, 0.29) is 18.1 Å². The second-order valence-electron chi connectivity index (χ2n) is 6.15. The SMILES string of the molecule is CC(OCC1CCCO1)C(=O)NC(Cc1ccccc1)c1ncon1. The maximum absolute atomic E-state index is 12.5. The third-order valence-electron chi connectivity index (χ3n) is 4.21. The van der Waals surface area contributed by atoms with E-state index in [0.717, 1.165) is 25.0 Å². The average Bonchev–Trinajstić information content (AvgIpc) is 3.33. The quantitative estimate of drug-likeness (QED) is 0.788. The highest BCUT2D eigenvalue weighted by Crippen LogP contribution is 2.16. The topological polar surface area (TPSA) is 86.5 Å². The Balaban J connectivity index is 1.58. The van der Waals surface area contributed by atoms with Crippen LogP contribution in [0.15, 0.2) is 41.2 Å². The molecule has 0 radical (unpaired) electrons. The second kappa shape index (κ2) is 8.73. The van der Waals surface area contributed by atoms with E-state index in [1.54, 1.807) is 6.92 Å². The Labute approximate surface area is 146 Å². The van der Waals surface area contributed by atoms with E-state index >= 15 is 0 Å². The zero-order valence-corrected chi connectivity index (χ0v) is 14.3. The number of nitrogens with one attached hydrogen (secondary N) is 1. The Kier molecular flexibility index (Phi) is 6.14. The molecule has 3 unspecified atom stereocenters. The first-order chi connectivity index (χ1) is 12.2. The van der Waals surface area contributed by atoms with Gasteiger partial charge in [0.15, 0.2) is 5.82 Å². The summed E-state index contributed by atoms with van der Waals surface area (Å²) in [7, 11) is 0. The smallest absolute Gasteiger partial charge is 0.249 e. The van der Waals surface area contributed by atoms with Gasteiger partial charge in [0.25, 0.3) is 0 Å². The van der Waals surface area contributed by atoms with Crippen LogP contribution >= 0.6 is 0 Å². The van der Waals surface area contributed by atoms with E-state index in [2.05, 4.69) is 15.5 Å². The summed E-state index contributed by atoms with van der Waals surface area (Å²) < 4.78 is 16.0. The summed E-state index contributed by atoms with van der Waals surface area (Å²) in [5, 5.41) is 6.83. The number of hydrogen-bond donors (Lipinski definition) is 1. The molecule has 0 aliphatic carbocycles. The van der Waals surface area contributed by atoms with Crippen LogP contribution in [0.5, 0.6) is 0 Å². The Hall–Kier alpha value is -2.25. The van der Waals surface area contributed by atoms with Gasteiger partial charge in [-0.3, -0.25) is 4.79 Å². The number of carbonyl (C=O) groups is 1. The van der Waals surface area contributed by atoms with E-state index < -0.39 is 6.10 Å². The Morgan fingerprint density at radius 1 is 1.40 bits per heavy atom. The van der Waals surface area contributed by atoms with Gasteiger partial charge in [-0.25, -0.2) is 0 Å². The molecule has 1 N–H and O–H groups in total. The van der Waals surface area contributed by atoms with Crippen LogP contribution in [0.4, 0.5) is 0 Å². The number of ether oxygens (including phenoxy) is 2. The molecule has 1 amide bonds. The number of hydrogen-bond acceptors (Lipinski definition) is 6. The van der Waals surface area contributed by atoms with Crippen LogP contribution in [0, 0.1) is 0 Å². The van der Waals surface area contributed by atoms with Crippen molar-refractivity contribution < 1.29 is 18.8 Å². The van der Waals surface area contributed by atoms with Gasteiger partial charge in [-0.05, 0) is 25.3 Å². The van der Waals surface area contributed by atoms with Gasteiger partial charge in [0, 0.05) is 13.0 Å². The molecule has 1 aliphatic heterocycles. The maximum Gasteiger partial charge on any atom is 0.249 e. The Morgan fingerprint density at radius 3 is 2.92 bits per heavy atom. The molecule has 2 heterocycles. The fraction of sp³-hybridized carbons (Fsp3) is 0.500. The molecule has 0 saturated carbocycles. The Morgan fingerprint density at radius 2 is 2.24 bits per heavy atom. The minimum atomic E-state index is -0.575. The van der Waals surface area contributed by atoms with Crippen molar-refractivity contribution in [2.75, 3.05) is 13.2 Å². The number of nitrogens with zero attached hydrogens (tertiary/aromatic N) is 2. The number of aromatic nitrogens is 2. The van der Waals surface area contributed by atoms with Crippen molar-refractivity contribution in [2.45, 2.75) is 44.4 Å². The molecule has 1 aromatic carbocycles. The van der Waals surface area contributed by atoms with Crippen molar-refractivity contribution in [1.29, 1.82) is 0 Å². The monoisotopic (exact) mass is 345 g/mol. The van der Waals surface area contributed by atoms with Crippen molar-refractivity contribution in [3.63, 3.8) is 0 Å². The van der Waals surface area contributed by atoms with Gasteiger partial charge in [0.2, 0.25) is 12.3 Å². The fourth-order valence-electron chi connectivity index (χ4n) is 2.78.